The van der Waals surface area contributed by atoms with Crippen molar-refractivity contribution in [3.05, 3.63) is 23.8 Å². The van der Waals surface area contributed by atoms with Gasteiger partial charge in [-0.15, -0.1) is 0 Å². The third kappa shape index (κ3) is 5.03. The van der Waals surface area contributed by atoms with Crippen LogP contribution in [0, 0.1) is 0 Å². The van der Waals surface area contributed by atoms with Crippen LogP contribution in [-0.4, -0.2) is 30.6 Å². The maximum absolute atomic E-state index is 11.9. The predicted molar refractivity (Wildman–Crippen MR) is 87.7 cm³/mol. The van der Waals surface area contributed by atoms with Crippen molar-refractivity contribution in [1.29, 1.82) is 0 Å². The van der Waals surface area contributed by atoms with E-state index in [1.807, 2.05) is 45.9 Å². The molecule has 0 bridgehead atoms. The summed E-state index contributed by atoms with van der Waals surface area (Å²) < 4.78 is 16.4. The van der Waals surface area contributed by atoms with Crippen molar-refractivity contribution < 1.29 is 19.0 Å². The number of alkyl carbamates (subject to hydrolysis) is 1. The van der Waals surface area contributed by atoms with Gasteiger partial charge in [0.05, 0.1) is 6.54 Å². The lowest BCUT2D eigenvalue weighted by Gasteiger charge is -2.23. The molecule has 2 rings (SSSR count). The second kappa shape index (κ2) is 7.08. The molecule has 2 atom stereocenters. The van der Waals surface area contributed by atoms with Crippen molar-refractivity contribution in [3.8, 4) is 11.5 Å². The van der Waals surface area contributed by atoms with Crippen LogP contribution in [0.2, 0.25) is 0 Å². The first-order valence-corrected chi connectivity index (χ1v) is 7.96. The summed E-state index contributed by atoms with van der Waals surface area (Å²) in [5, 5.41) is 2.91. The Balaban J connectivity index is 1.96. The van der Waals surface area contributed by atoms with Crippen LogP contribution in [0.5, 0.6) is 11.5 Å². The summed E-state index contributed by atoms with van der Waals surface area (Å²) in [5.74, 6) is 1.41. The van der Waals surface area contributed by atoms with Gasteiger partial charge in [-0.2, -0.15) is 0 Å². The molecule has 3 N–H and O–H groups in total. The quantitative estimate of drug-likeness (QED) is 0.870. The number of fused-ring (bicyclic) bond motifs is 1. The van der Waals surface area contributed by atoms with E-state index in [0.717, 1.165) is 12.0 Å². The second-order valence-corrected chi connectivity index (χ2v) is 6.64. The molecule has 1 amide bonds. The number of hydrogen-bond acceptors (Lipinski definition) is 5. The number of benzene rings is 1. The standard InChI is InChI=1S/C17H26N2O4/c1-5-12(19-16(20)23-17(2,3)4)8-11-6-7-13-14(9-11)22-15(10-18)21-13/h6-7,9,12,15H,5,8,10,18H2,1-4H3,(H,19,20). The van der Waals surface area contributed by atoms with Gasteiger partial charge in [-0.3, -0.25) is 0 Å². The highest BCUT2D eigenvalue weighted by molar-refractivity contribution is 5.68. The summed E-state index contributed by atoms with van der Waals surface area (Å²) >= 11 is 0. The van der Waals surface area contributed by atoms with Crippen LogP contribution in [0.3, 0.4) is 0 Å². The van der Waals surface area contributed by atoms with Crippen LogP contribution in [0.1, 0.15) is 39.7 Å². The molecule has 1 aliphatic rings. The fraction of sp³-hybridized carbons (Fsp3) is 0.588. The fourth-order valence-electron chi connectivity index (χ4n) is 2.33. The van der Waals surface area contributed by atoms with Gasteiger partial charge in [-0.1, -0.05) is 13.0 Å². The first-order valence-electron chi connectivity index (χ1n) is 7.96. The topological polar surface area (TPSA) is 82.8 Å². The SMILES string of the molecule is CCC(Cc1ccc2c(c1)OC(CN)O2)NC(=O)OC(C)(C)C. The van der Waals surface area contributed by atoms with Gasteiger partial charge in [0, 0.05) is 6.04 Å². The highest BCUT2D eigenvalue weighted by atomic mass is 16.7. The van der Waals surface area contributed by atoms with Gasteiger partial charge in [0.15, 0.2) is 11.5 Å². The summed E-state index contributed by atoms with van der Waals surface area (Å²) in [5.41, 5.74) is 6.11. The first-order chi connectivity index (χ1) is 10.8. The summed E-state index contributed by atoms with van der Waals surface area (Å²) in [6.45, 7) is 7.87. The Labute approximate surface area is 137 Å². The van der Waals surface area contributed by atoms with Gasteiger partial charge in [0.2, 0.25) is 0 Å². The van der Waals surface area contributed by atoms with Gasteiger partial charge in [0.1, 0.15) is 5.60 Å². The lowest BCUT2D eigenvalue weighted by Crippen LogP contribution is -2.39. The van der Waals surface area contributed by atoms with Gasteiger partial charge in [0.25, 0.3) is 6.29 Å². The molecule has 1 heterocycles. The molecule has 1 aliphatic heterocycles. The molecule has 6 nitrogen and oxygen atoms in total. The smallest absolute Gasteiger partial charge is 0.407 e. The zero-order chi connectivity index (χ0) is 17.0. The molecule has 0 aromatic heterocycles. The minimum Gasteiger partial charge on any atom is -0.450 e. The van der Waals surface area contributed by atoms with Gasteiger partial charge < -0.3 is 25.3 Å². The van der Waals surface area contributed by atoms with Crippen molar-refractivity contribution in [3.63, 3.8) is 0 Å². The van der Waals surface area contributed by atoms with Gasteiger partial charge >= 0.3 is 6.09 Å². The number of hydrogen-bond donors (Lipinski definition) is 2. The molecule has 0 radical (unpaired) electrons. The minimum absolute atomic E-state index is 0.00414. The molecule has 1 aromatic carbocycles. The molecule has 128 valence electrons. The van der Waals surface area contributed by atoms with Crippen LogP contribution in [0.25, 0.3) is 0 Å². The van der Waals surface area contributed by atoms with Crippen molar-refractivity contribution >= 4 is 6.09 Å². The van der Waals surface area contributed by atoms with E-state index in [2.05, 4.69) is 5.32 Å². The van der Waals surface area contributed by atoms with E-state index in [1.54, 1.807) is 0 Å². The Morgan fingerprint density at radius 1 is 1.35 bits per heavy atom. The summed E-state index contributed by atoms with van der Waals surface area (Å²) in [7, 11) is 0. The Hall–Kier alpha value is -1.95. The second-order valence-electron chi connectivity index (χ2n) is 6.64. The van der Waals surface area contributed by atoms with E-state index in [1.165, 1.54) is 0 Å². The van der Waals surface area contributed by atoms with E-state index in [9.17, 15) is 4.79 Å². The van der Waals surface area contributed by atoms with Gasteiger partial charge in [-0.05, 0) is 51.3 Å². The van der Waals surface area contributed by atoms with Gasteiger partial charge in [-0.25, -0.2) is 4.79 Å². The largest absolute Gasteiger partial charge is 0.450 e. The highest BCUT2D eigenvalue weighted by Gasteiger charge is 2.24. The Bertz CT molecular complexity index is 554. The van der Waals surface area contributed by atoms with E-state index >= 15 is 0 Å². The number of nitrogens with one attached hydrogen (secondary N) is 1. The molecular formula is C17H26N2O4. The third-order valence-electron chi connectivity index (χ3n) is 3.41. The van der Waals surface area contributed by atoms with E-state index in [0.29, 0.717) is 24.5 Å². The summed E-state index contributed by atoms with van der Waals surface area (Å²) in [6.07, 6.45) is 0.689. The minimum atomic E-state index is -0.502. The fourth-order valence-corrected chi connectivity index (χ4v) is 2.33. The van der Waals surface area contributed by atoms with Crippen LogP contribution in [0.15, 0.2) is 18.2 Å². The number of nitrogens with two attached hydrogens (primary N) is 1. The number of carbonyl (C=O) groups excluding carboxylic acids is 1. The average Bonchev–Trinajstić information content (AvgIpc) is 2.86. The Kier molecular flexibility index (Phi) is 5.36. The number of ether oxygens (including phenoxy) is 3. The van der Waals surface area contributed by atoms with Crippen LogP contribution >= 0.6 is 0 Å². The van der Waals surface area contributed by atoms with Crippen LogP contribution in [0.4, 0.5) is 4.79 Å². The van der Waals surface area contributed by atoms with Crippen molar-refractivity contribution in [2.75, 3.05) is 6.54 Å². The Morgan fingerprint density at radius 2 is 2.04 bits per heavy atom. The average molecular weight is 322 g/mol. The van der Waals surface area contributed by atoms with Crippen molar-refractivity contribution in [2.24, 2.45) is 5.73 Å². The number of rotatable bonds is 5. The molecular weight excluding hydrogens is 296 g/mol. The Morgan fingerprint density at radius 3 is 2.65 bits per heavy atom. The zero-order valence-corrected chi connectivity index (χ0v) is 14.2. The highest BCUT2D eigenvalue weighted by Crippen LogP contribution is 2.35. The van der Waals surface area contributed by atoms with E-state index < -0.39 is 18.0 Å². The molecule has 0 saturated carbocycles. The number of carbonyl (C=O) groups is 1. The molecule has 0 fully saturated rings. The predicted octanol–water partition coefficient (Wildman–Crippen LogP) is 2.59. The third-order valence-corrected chi connectivity index (χ3v) is 3.41. The van der Waals surface area contributed by atoms with E-state index in [-0.39, 0.29) is 6.04 Å². The molecule has 23 heavy (non-hydrogen) atoms. The maximum Gasteiger partial charge on any atom is 0.407 e. The number of amides is 1. The van der Waals surface area contributed by atoms with Crippen molar-refractivity contribution in [1.82, 2.24) is 5.32 Å². The normalized spacial score (nSPS) is 17.7. The van der Waals surface area contributed by atoms with Crippen LogP contribution < -0.4 is 20.5 Å². The summed E-state index contributed by atoms with van der Waals surface area (Å²) in [4.78, 5) is 11.9. The lowest BCUT2D eigenvalue weighted by molar-refractivity contribution is 0.0503. The summed E-state index contributed by atoms with van der Waals surface area (Å²) in [6, 6.07) is 5.78. The monoisotopic (exact) mass is 322 g/mol. The molecule has 2 unspecified atom stereocenters. The van der Waals surface area contributed by atoms with Crippen molar-refractivity contribution in [2.45, 2.75) is 58.5 Å². The molecule has 0 aliphatic carbocycles. The van der Waals surface area contributed by atoms with Crippen LogP contribution in [-0.2, 0) is 11.2 Å². The molecule has 0 saturated heterocycles. The first kappa shape index (κ1) is 17.4. The zero-order valence-electron chi connectivity index (χ0n) is 14.2. The lowest BCUT2D eigenvalue weighted by atomic mass is 10.0. The maximum atomic E-state index is 11.9. The molecule has 1 aromatic rings. The molecule has 0 spiro atoms. The van der Waals surface area contributed by atoms with E-state index in [4.69, 9.17) is 19.9 Å². The molecule has 6 heteroatoms.